The first-order valence-corrected chi connectivity index (χ1v) is 8.16. The quantitative estimate of drug-likeness (QED) is 0.915. The second-order valence-corrected chi connectivity index (χ2v) is 6.86. The molecule has 2 rings (SSSR count). The van der Waals surface area contributed by atoms with Crippen molar-refractivity contribution in [3.8, 4) is 11.5 Å². The van der Waals surface area contributed by atoms with Crippen molar-refractivity contribution in [2.75, 3.05) is 27.4 Å². The summed E-state index contributed by atoms with van der Waals surface area (Å²) in [6, 6.07) is 3.60. The van der Waals surface area contributed by atoms with Crippen LogP contribution >= 0.6 is 0 Å². The van der Waals surface area contributed by atoms with Crippen LogP contribution in [0.25, 0.3) is 0 Å². The number of benzene rings is 1. The molecule has 0 spiro atoms. The van der Waals surface area contributed by atoms with Gasteiger partial charge >= 0.3 is 6.09 Å². The van der Waals surface area contributed by atoms with Gasteiger partial charge in [0.25, 0.3) is 0 Å². The maximum absolute atomic E-state index is 12.6. The smallest absolute Gasteiger partial charge is 0.410 e. The van der Waals surface area contributed by atoms with E-state index < -0.39 is 5.60 Å². The van der Waals surface area contributed by atoms with Crippen molar-refractivity contribution in [3.05, 3.63) is 23.3 Å². The Labute approximate surface area is 143 Å². The van der Waals surface area contributed by atoms with E-state index in [0.717, 1.165) is 11.1 Å². The second-order valence-electron chi connectivity index (χ2n) is 6.86. The summed E-state index contributed by atoms with van der Waals surface area (Å²) in [6.45, 7) is 6.06. The number of aliphatic hydroxyl groups is 1. The van der Waals surface area contributed by atoms with E-state index in [2.05, 4.69) is 0 Å². The highest BCUT2D eigenvalue weighted by Gasteiger charge is 2.34. The van der Waals surface area contributed by atoms with Crippen molar-refractivity contribution >= 4 is 6.09 Å². The Balaban J connectivity index is 2.38. The van der Waals surface area contributed by atoms with Crippen LogP contribution in [0.4, 0.5) is 4.79 Å². The van der Waals surface area contributed by atoms with Gasteiger partial charge in [-0.1, -0.05) is 0 Å². The molecular weight excluding hydrogens is 310 g/mol. The van der Waals surface area contributed by atoms with Crippen molar-refractivity contribution in [1.29, 1.82) is 0 Å². The van der Waals surface area contributed by atoms with Crippen molar-refractivity contribution in [2.45, 2.75) is 45.3 Å². The van der Waals surface area contributed by atoms with E-state index in [1.807, 2.05) is 32.9 Å². The number of fused-ring (bicyclic) bond motifs is 1. The first-order valence-electron chi connectivity index (χ1n) is 8.16. The zero-order valence-electron chi connectivity index (χ0n) is 15.1. The highest BCUT2D eigenvalue weighted by atomic mass is 16.6. The maximum Gasteiger partial charge on any atom is 0.410 e. The van der Waals surface area contributed by atoms with Crippen LogP contribution in [-0.2, 0) is 11.2 Å². The third-order valence-corrected chi connectivity index (χ3v) is 4.03. The number of aliphatic hydroxyl groups excluding tert-OH is 1. The van der Waals surface area contributed by atoms with Crippen LogP contribution < -0.4 is 9.47 Å². The molecule has 0 aromatic heterocycles. The molecule has 6 nitrogen and oxygen atoms in total. The Bertz CT molecular complexity index is 594. The third kappa shape index (κ3) is 3.93. The SMILES string of the molecule is COc1cc2c(cc1OC)[C@H](CCO)N(C(=O)OC(C)(C)C)CC2. The van der Waals surface area contributed by atoms with Gasteiger partial charge in [0.2, 0.25) is 0 Å². The second kappa shape index (κ2) is 7.30. The van der Waals surface area contributed by atoms with Crippen LogP contribution in [0, 0.1) is 0 Å². The Morgan fingerprint density at radius 2 is 1.88 bits per heavy atom. The average molecular weight is 337 g/mol. The summed E-state index contributed by atoms with van der Waals surface area (Å²) in [6.07, 6.45) is 0.792. The summed E-state index contributed by atoms with van der Waals surface area (Å²) in [4.78, 5) is 14.2. The largest absolute Gasteiger partial charge is 0.493 e. The van der Waals surface area contributed by atoms with Crippen LogP contribution in [0.3, 0.4) is 0 Å². The zero-order valence-corrected chi connectivity index (χ0v) is 15.1. The van der Waals surface area contributed by atoms with E-state index in [9.17, 15) is 9.90 Å². The molecule has 0 radical (unpaired) electrons. The van der Waals surface area contributed by atoms with Gasteiger partial charge in [0, 0.05) is 13.2 Å². The van der Waals surface area contributed by atoms with Crippen LogP contribution in [0.2, 0.25) is 0 Å². The van der Waals surface area contributed by atoms with Gasteiger partial charge in [0.1, 0.15) is 5.60 Å². The Morgan fingerprint density at radius 1 is 1.25 bits per heavy atom. The van der Waals surface area contributed by atoms with Gasteiger partial charge in [-0.3, -0.25) is 0 Å². The molecule has 1 aliphatic rings. The highest BCUT2D eigenvalue weighted by Crippen LogP contribution is 2.39. The molecule has 1 amide bonds. The predicted molar refractivity (Wildman–Crippen MR) is 90.6 cm³/mol. The molecule has 0 saturated heterocycles. The normalized spacial score (nSPS) is 17.2. The molecule has 1 heterocycles. The molecule has 1 N–H and O–H groups in total. The van der Waals surface area contributed by atoms with E-state index >= 15 is 0 Å². The number of carbonyl (C=O) groups is 1. The van der Waals surface area contributed by atoms with Crippen molar-refractivity contribution < 1.29 is 24.1 Å². The van der Waals surface area contributed by atoms with Gasteiger partial charge < -0.3 is 24.2 Å². The summed E-state index contributed by atoms with van der Waals surface area (Å²) in [5.41, 5.74) is 1.52. The number of methoxy groups -OCH3 is 2. The molecule has 1 aliphatic heterocycles. The summed E-state index contributed by atoms with van der Waals surface area (Å²) in [5, 5.41) is 9.47. The fourth-order valence-electron chi connectivity index (χ4n) is 3.00. The number of amides is 1. The molecule has 0 saturated carbocycles. The Kier molecular flexibility index (Phi) is 5.59. The molecule has 0 aliphatic carbocycles. The topological polar surface area (TPSA) is 68.2 Å². The molecule has 1 aromatic rings. The summed E-state index contributed by atoms with van der Waals surface area (Å²) < 4.78 is 16.3. The van der Waals surface area contributed by atoms with Crippen molar-refractivity contribution in [2.24, 2.45) is 0 Å². The fourth-order valence-corrected chi connectivity index (χ4v) is 3.00. The number of hydrogen-bond acceptors (Lipinski definition) is 5. The zero-order chi connectivity index (χ0) is 17.9. The number of ether oxygens (including phenoxy) is 3. The van der Waals surface area contributed by atoms with Gasteiger partial charge in [0.05, 0.1) is 20.3 Å². The van der Waals surface area contributed by atoms with Crippen LogP contribution in [0.5, 0.6) is 11.5 Å². The van der Waals surface area contributed by atoms with E-state index in [1.54, 1.807) is 19.1 Å². The van der Waals surface area contributed by atoms with Crippen molar-refractivity contribution in [1.82, 2.24) is 4.90 Å². The minimum Gasteiger partial charge on any atom is -0.493 e. The number of carbonyl (C=O) groups excluding carboxylic acids is 1. The number of nitrogens with zero attached hydrogens (tertiary/aromatic N) is 1. The molecule has 0 unspecified atom stereocenters. The molecule has 0 fully saturated rings. The van der Waals surface area contributed by atoms with E-state index in [1.165, 1.54) is 0 Å². The predicted octanol–water partition coefficient (Wildman–Crippen LogP) is 2.92. The minimum atomic E-state index is -0.557. The first-order chi connectivity index (χ1) is 11.3. The molecule has 6 heteroatoms. The van der Waals surface area contributed by atoms with Crippen LogP contribution in [0.1, 0.15) is 44.4 Å². The lowest BCUT2D eigenvalue weighted by Crippen LogP contribution is -2.43. The summed E-state index contributed by atoms with van der Waals surface area (Å²) >= 11 is 0. The lowest BCUT2D eigenvalue weighted by atomic mass is 9.90. The Hall–Kier alpha value is -1.95. The summed E-state index contributed by atoms with van der Waals surface area (Å²) in [7, 11) is 3.19. The number of rotatable bonds is 4. The van der Waals surface area contributed by atoms with E-state index in [-0.39, 0.29) is 18.7 Å². The molecule has 1 aromatic carbocycles. The molecule has 1 atom stereocenters. The highest BCUT2D eigenvalue weighted by molar-refractivity contribution is 5.70. The molecular formula is C18H27NO5. The van der Waals surface area contributed by atoms with Crippen LogP contribution in [-0.4, -0.2) is 49.1 Å². The van der Waals surface area contributed by atoms with Gasteiger partial charge in [0.15, 0.2) is 11.5 Å². The molecule has 0 bridgehead atoms. The third-order valence-electron chi connectivity index (χ3n) is 4.03. The maximum atomic E-state index is 12.6. The van der Waals surface area contributed by atoms with E-state index in [4.69, 9.17) is 14.2 Å². The molecule has 24 heavy (non-hydrogen) atoms. The van der Waals surface area contributed by atoms with Gasteiger partial charge in [-0.2, -0.15) is 0 Å². The summed E-state index contributed by atoms with van der Waals surface area (Å²) in [5.74, 6) is 1.29. The Morgan fingerprint density at radius 3 is 2.42 bits per heavy atom. The first kappa shape index (κ1) is 18.4. The van der Waals surface area contributed by atoms with Gasteiger partial charge in [-0.15, -0.1) is 0 Å². The van der Waals surface area contributed by atoms with Crippen molar-refractivity contribution in [3.63, 3.8) is 0 Å². The van der Waals surface area contributed by atoms with Gasteiger partial charge in [-0.05, 0) is 56.9 Å². The monoisotopic (exact) mass is 337 g/mol. The number of hydrogen-bond donors (Lipinski definition) is 1. The van der Waals surface area contributed by atoms with Gasteiger partial charge in [-0.25, -0.2) is 4.79 Å². The lowest BCUT2D eigenvalue weighted by molar-refractivity contribution is 0.0116. The lowest BCUT2D eigenvalue weighted by Gasteiger charge is -2.38. The molecule has 134 valence electrons. The van der Waals surface area contributed by atoms with Crippen LogP contribution in [0.15, 0.2) is 12.1 Å². The fraction of sp³-hybridized carbons (Fsp3) is 0.611. The minimum absolute atomic E-state index is 0.0161. The average Bonchev–Trinajstić information content (AvgIpc) is 2.52. The van der Waals surface area contributed by atoms with E-state index in [0.29, 0.717) is 30.9 Å². The standard InChI is InChI=1S/C18H27NO5/c1-18(2,3)24-17(21)19-8-6-12-10-15(22-4)16(23-5)11-13(12)14(19)7-9-20/h10-11,14,20H,6-9H2,1-5H3/t14-/m0/s1.